The van der Waals surface area contributed by atoms with Crippen molar-refractivity contribution in [1.82, 2.24) is 15.6 Å². The second kappa shape index (κ2) is 6.59. The van der Waals surface area contributed by atoms with Crippen LogP contribution in [0, 0.1) is 0 Å². The minimum atomic E-state index is -0.475. The van der Waals surface area contributed by atoms with E-state index in [-0.39, 0.29) is 18.3 Å². The molecule has 1 aromatic heterocycles. The highest BCUT2D eigenvalue weighted by molar-refractivity contribution is 7.18. The molecule has 118 valence electrons. The number of carbonyl (C=O) groups excluding carboxylic acids is 1. The number of aliphatic hydroxyl groups is 1. The molecule has 0 radical (unpaired) electrons. The van der Waals surface area contributed by atoms with Gasteiger partial charge in [0.05, 0.1) is 0 Å². The molecule has 21 heavy (non-hydrogen) atoms. The van der Waals surface area contributed by atoms with Crippen LogP contribution in [0.5, 0.6) is 0 Å². The Kier molecular flexibility index (Phi) is 5.02. The van der Waals surface area contributed by atoms with E-state index in [1.54, 1.807) is 0 Å². The number of nitrogens with two attached hydrogens (primary N) is 1. The Balaban J connectivity index is 2.09. The van der Waals surface area contributed by atoms with Crippen molar-refractivity contribution >= 4 is 28.2 Å². The van der Waals surface area contributed by atoms with Crippen molar-refractivity contribution < 1.29 is 9.90 Å². The minimum Gasteiger partial charge on any atom is -0.396 e. The van der Waals surface area contributed by atoms with Crippen molar-refractivity contribution in [3.05, 3.63) is 4.88 Å². The smallest absolute Gasteiger partial charge is 0.265 e. The third kappa shape index (κ3) is 4.05. The van der Waals surface area contributed by atoms with Gasteiger partial charge in [-0.05, 0) is 20.3 Å². The van der Waals surface area contributed by atoms with Gasteiger partial charge in [0.2, 0.25) is 0 Å². The number of piperazine rings is 1. The zero-order valence-electron chi connectivity index (χ0n) is 12.5. The van der Waals surface area contributed by atoms with Crippen LogP contribution in [-0.2, 0) is 0 Å². The number of hydrogen-bond donors (Lipinski definition) is 4. The fourth-order valence-electron chi connectivity index (χ4n) is 2.18. The van der Waals surface area contributed by atoms with Gasteiger partial charge in [0.15, 0.2) is 5.13 Å². The molecule has 0 bridgehead atoms. The van der Waals surface area contributed by atoms with Crippen molar-refractivity contribution in [1.29, 1.82) is 0 Å². The number of anilines is 2. The Bertz CT molecular complexity index is 497. The van der Waals surface area contributed by atoms with Crippen LogP contribution in [0.2, 0.25) is 0 Å². The number of aromatic nitrogens is 1. The SMILES string of the molecule is CC(C)(CCO)NC(=O)c1sc(N2CCNCC2)nc1N. The summed E-state index contributed by atoms with van der Waals surface area (Å²) < 4.78 is 0. The lowest BCUT2D eigenvalue weighted by Crippen LogP contribution is -2.44. The monoisotopic (exact) mass is 313 g/mol. The highest BCUT2D eigenvalue weighted by atomic mass is 32.1. The summed E-state index contributed by atoms with van der Waals surface area (Å²) >= 11 is 1.32. The molecule has 1 aliphatic heterocycles. The van der Waals surface area contributed by atoms with Gasteiger partial charge >= 0.3 is 0 Å². The summed E-state index contributed by atoms with van der Waals surface area (Å²) in [7, 11) is 0. The zero-order valence-corrected chi connectivity index (χ0v) is 13.3. The average molecular weight is 313 g/mol. The summed E-state index contributed by atoms with van der Waals surface area (Å²) in [6.45, 7) is 7.31. The molecule has 7 nitrogen and oxygen atoms in total. The van der Waals surface area contributed by atoms with E-state index in [0.29, 0.717) is 11.3 Å². The molecule has 2 rings (SSSR count). The predicted molar refractivity (Wildman–Crippen MR) is 84.9 cm³/mol. The number of thiazole rings is 1. The van der Waals surface area contributed by atoms with E-state index in [9.17, 15) is 4.79 Å². The van der Waals surface area contributed by atoms with Crippen LogP contribution in [0.25, 0.3) is 0 Å². The van der Waals surface area contributed by atoms with Crippen molar-refractivity contribution in [3.63, 3.8) is 0 Å². The van der Waals surface area contributed by atoms with Crippen LogP contribution in [0.15, 0.2) is 0 Å². The van der Waals surface area contributed by atoms with Crippen LogP contribution >= 0.6 is 11.3 Å². The predicted octanol–water partition coefficient (Wildman–Crippen LogP) is 0.0257. The van der Waals surface area contributed by atoms with Crippen LogP contribution in [0.1, 0.15) is 29.9 Å². The van der Waals surface area contributed by atoms with Crippen molar-refractivity contribution in [2.75, 3.05) is 43.4 Å². The fraction of sp³-hybridized carbons (Fsp3) is 0.692. The Morgan fingerprint density at radius 3 is 2.81 bits per heavy atom. The molecule has 0 saturated carbocycles. The summed E-state index contributed by atoms with van der Waals surface area (Å²) in [5.41, 5.74) is 5.41. The normalized spacial score (nSPS) is 16.0. The van der Waals surface area contributed by atoms with E-state index in [1.165, 1.54) is 11.3 Å². The first kappa shape index (κ1) is 16.0. The molecule has 0 unspecified atom stereocenters. The molecule has 8 heteroatoms. The third-order valence-corrected chi connectivity index (χ3v) is 4.56. The maximum absolute atomic E-state index is 12.3. The molecule has 1 saturated heterocycles. The average Bonchev–Trinajstić information content (AvgIpc) is 2.81. The molecule has 1 amide bonds. The van der Waals surface area contributed by atoms with Crippen LogP contribution in [0.4, 0.5) is 10.9 Å². The lowest BCUT2D eigenvalue weighted by molar-refractivity contribution is 0.0904. The summed E-state index contributed by atoms with van der Waals surface area (Å²) in [5.74, 6) is 0.0377. The zero-order chi connectivity index (χ0) is 15.5. The summed E-state index contributed by atoms with van der Waals surface area (Å²) in [5, 5.41) is 16.0. The van der Waals surface area contributed by atoms with E-state index in [0.717, 1.165) is 31.3 Å². The van der Waals surface area contributed by atoms with Crippen LogP contribution in [0.3, 0.4) is 0 Å². The van der Waals surface area contributed by atoms with Gasteiger partial charge < -0.3 is 26.4 Å². The largest absolute Gasteiger partial charge is 0.396 e. The maximum Gasteiger partial charge on any atom is 0.265 e. The molecule has 1 aromatic rings. The summed E-state index contributed by atoms with van der Waals surface area (Å²) in [4.78, 5) is 19.2. The van der Waals surface area contributed by atoms with E-state index >= 15 is 0 Å². The maximum atomic E-state index is 12.3. The number of amides is 1. The molecule has 5 N–H and O–H groups in total. The Labute approximate surface area is 128 Å². The molecule has 2 heterocycles. The first-order chi connectivity index (χ1) is 9.93. The minimum absolute atomic E-state index is 0.0253. The quantitative estimate of drug-likeness (QED) is 0.611. The number of hydrogen-bond acceptors (Lipinski definition) is 7. The molecular formula is C13H23N5O2S. The summed E-state index contributed by atoms with van der Waals surface area (Å²) in [6, 6.07) is 0. The molecule has 0 spiro atoms. The lowest BCUT2D eigenvalue weighted by atomic mass is 10.0. The van der Waals surface area contributed by atoms with Crippen molar-refractivity contribution in [2.24, 2.45) is 0 Å². The van der Waals surface area contributed by atoms with Gasteiger partial charge in [0.25, 0.3) is 5.91 Å². The van der Waals surface area contributed by atoms with Crippen LogP contribution in [-0.4, -0.2) is 54.3 Å². The van der Waals surface area contributed by atoms with Gasteiger partial charge in [-0.25, -0.2) is 4.98 Å². The number of rotatable bonds is 5. The van der Waals surface area contributed by atoms with Gasteiger partial charge in [0.1, 0.15) is 10.7 Å². The van der Waals surface area contributed by atoms with Gasteiger partial charge in [-0.15, -0.1) is 0 Å². The van der Waals surface area contributed by atoms with Crippen LogP contribution < -0.4 is 21.3 Å². The van der Waals surface area contributed by atoms with Crippen molar-refractivity contribution in [3.8, 4) is 0 Å². The Hall–Kier alpha value is -1.38. The first-order valence-corrected chi connectivity index (χ1v) is 7.90. The highest BCUT2D eigenvalue weighted by Crippen LogP contribution is 2.28. The van der Waals surface area contributed by atoms with E-state index in [1.807, 2.05) is 13.8 Å². The Morgan fingerprint density at radius 1 is 1.52 bits per heavy atom. The molecule has 0 aromatic carbocycles. The fourth-order valence-corrected chi connectivity index (χ4v) is 3.11. The number of nitrogens with one attached hydrogen (secondary N) is 2. The molecule has 1 fully saturated rings. The topological polar surface area (TPSA) is 104 Å². The highest BCUT2D eigenvalue weighted by Gasteiger charge is 2.25. The van der Waals surface area contributed by atoms with E-state index in [4.69, 9.17) is 10.8 Å². The lowest BCUT2D eigenvalue weighted by Gasteiger charge is -2.26. The number of aliphatic hydroxyl groups excluding tert-OH is 1. The van der Waals surface area contributed by atoms with E-state index < -0.39 is 5.54 Å². The summed E-state index contributed by atoms with van der Waals surface area (Å²) in [6.07, 6.45) is 0.488. The molecule has 0 aliphatic carbocycles. The van der Waals surface area contributed by atoms with E-state index in [2.05, 4.69) is 20.5 Å². The first-order valence-electron chi connectivity index (χ1n) is 7.08. The standard InChI is InChI=1S/C13H23N5O2S/c1-13(2,3-8-19)17-11(20)9-10(14)16-12(21-9)18-6-4-15-5-7-18/h15,19H,3-8,14H2,1-2H3,(H,17,20). The number of nitrogen functional groups attached to an aromatic ring is 1. The Morgan fingerprint density at radius 2 is 2.19 bits per heavy atom. The van der Waals surface area contributed by atoms with Gasteiger partial charge in [-0.3, -0.25) is 4.79 Å². The number of nitrogens with zero attached hydrogens (tertiary/aromatic N) is 2. The molecule has 0 atom stereocenters. The van der Waals surface area contributed by atoms with Gasteiger partial charge in [-0.1, -0.05) is 11.3 Å². The molecule has 1 aliphatic rings. The second-order valence-electron chi connectivity index (χ2n) is 5.76. The number of carbonyl (C=O) groups is 1. The van der Waals surface area contributed by atoms with Gasteiger partial charge in [-0.2, -0.15) is 0 Å². The second-order valence-corrected chi connectivity index (χ2v) is 6.74. The van der Waals surface area contributed by atoms with Gasteiger partial charge in [0, 0.05) is 38.3 Å². The third-order valence-electron chi connectivity index (χ3n) is 3.42. The molecular weight excluding hydrogens is 290 g/mol. The van der Waals surface area contributed by atoms with Crippen molar-refractivity contribution in [2.45, 2.75) is 25.8 Å².